The summed E-state index contributed by atoms with van der Waals surface area (Å²) in [7, 11) is 3.06. The lowest BCUT2D eigenvalue weighted by Crippen LogP contribution is -2.11. The van der Waals surface area contributed by atoms with Crippen molar-refractivity contribution >= 4 is 5.97 Å². The molecule has 0 heterocycles. The van der Waals surface area contributed by atoms with Gasteiger partial charge in [0.2, 0.25) is 0 Å². The molecule has 2 rings (SSSR count). The van der Waals surface area contributed by atoms with Crippen LogP contribution >= 0.6 is 0 Å². The topological polar surface area (TPSA) is 35.5 Å². The largest absolute Gasteiger partial charge is 0.496 e. The van der Waals surface area contributed by atoms with Crippen molar-refractivity contribution in [1.82, 2.24) is 0 Å². The molecule has 0 N–H and O–H groups in total. The quantitative estimate of drug-likeness (QED) is 0.785. The lowest BCUT2D eigenvalue weighted by Gasteiger charge is -2.20. The smallest absolute Gasteiger partial charge is 0.306 e. The fraction of sp³-hybridized carbons (Fsp3) is 0.278. The number of rotatable bonds is 5. The van der Waals surface area contributed by atoms with Gasteiger partial charge in [0.05, 0.1) is 20.6 Å². The number of carbonyl (C=O) groups is 1. The van der Waals surface area contributed by atoms with Gasteiger partial charge < -0.3 is 9.47 Å². The monoisotopic (exact) mass is 284 g/mol. The Bertz CT molecular complexity index is 605. The van der Waals surface area contributed by atoms with Gasteiger partial charge in [-0.25, -0.2) is 0 Å². The minimum absolute atomic E-state index is 0.0748. The molecule has 3 nitrogen and oxygen atoms in total. The molecule has 0 spiro atoms. The van der Waals surface area contributed by atoms with Crippen molar-refractivity contribution in [2.75, 3.05) is 14.2 Å². The summed E-state index contributed by atoms with van der Waals surface area (Å²) in [5, 5.41) is 0. The Morgan fingerprint density at radius 1 is 1.10 bits per heavy atom. The third-order valence-electron chi connectivity index (χ3n) is 3.56. The number of aryl methyl sites for hydroxylation is 1. The van der Waals surface area contributed by atoms with Crippen LogP contribution in [0.4, 0.5) is 0 Å². The highest BCUT2D eigenvalue weighted by Crippen LogP contribution is 2.35. The Morgan fingerprint density at radius 3 is 2.43 bits per heavy atom. The van der Waals surface area contributed by atoms with Crippen molar-refractivity contribution in [2.24, 2.45) is 0 Å². The summed E-state index contributed by atoms with van der Waals surface area (Å²) in [5.74, 6) is 0.494. The molecule has 0 aliphatic carbocycles. The van der Waals surface area contributed by atoms with E-state index in [-0.39, 0.29) is 11.9 Å². The van der Waals surface area contributed by atoms with E-state index < -0.39 is 0 Å². The van der Waals surface area contributed by atoms with Crippen LogP contribution in [0.2, 0.25) is 0 Å². The van der Waals surface area contributed by atoms with Gasteiger partial charge in [0.25, 0.3) is 0 Å². The minimum atomic E-state index is -0.230. The maximum Gasteiger partial charge on any atom is 0.306 e. The van der Waals surface area contributed by atoms with Crippen LogP contribution in [-0.2, 0) is 9.53 Å². The Kier molecular flexibility index (Phi) is 4.99. The van der Waals surface area contributed by atoms with Crippen molar-refractivity contribution < 1.29 is 14.3 Å². The van der Waals surface area contributed by atoms with Crippen LogP contribution < -0.4 is 4.74 Å². The van der Waals surface area contributed by atoms with Crippen molar-refractivity contribution in [3.05, 3.63) is 65.2 Å². The van der Waals surface area contributed by atoms with E-state index in [4.69, 9.17) is 9.47 Å². The number of esters is 1. The Labute approximate surface area is 125 Å². The molecule has 2 aromatic carbocycles. The summed E-state index contributed by atoms with van der Waals surface area (Å²) >= 11 is 0. The van der Waals surface area contributed by atoms with E-state index in [2.05, 4.69) is 0 Å². The lowest BCUT2D eigenvalue weighted by molar-refractivity contribution is -0.140. The van der Waals surface area contributed by atoms with Gasteiger partial charge in [-0.05, 0) is 24.1 Å². The first kappa shape index (κ1) is 15.1. The normalized spacial score (nSPS) is 11.8. The molecular formula is C18H20O3. The van der Waals surface area contributed by atoms with Gasteiger partial charge in [-0.3, -0.25) is 4.79 Å². The van der Waals surface area contributed by atoms with Gasteiger partial charge in [0.1, 0.15) is 5.75 Å². The minimum Gasteiger partial charge on any atom is -0.496 e. The molecule has 2 aromatic rings. The SMILES string of the molecule is COC(=O)CC(c1ccccc1)c1ccc(C)cc1OC. The highest BCUT2D eigenvalue weighted by molar-refractivity contribution is 5.71. The molecule has 0 aromatic heterocycles. The maximum atomic E-state index is 11.8. The van der Waals surface area contributed by atoms with Crippen molar-refractivity contribution in [2.45, 2.75) is 19.3 Å². The van der Waals surface area contributed by atoms with Crippen LogP contribution in [0.15, 0.2) is 48.5 Å². The molecule has 0 radical (unpaired) electrons. The van der Waals surface area contributed by atoms with Crippen LogP contribution in [0.1, 0.15) is 29.0 Å². The first-order valence-electron chi connectivity index (χ1n) is 6.92. The van der Waals surface area contributed by atoms with Crippen LogP contribution in [0.25, 0.3) is 0 Å². The highest BCUT2D eigenvalue weighted by Gasteiger charge is 2.21. The first-order valence-corrected chi connectivity index (χ1v) is 6.92. The lowest BCUT2D eigenvalue weighted by atomic mass is 9.87. The molecule has 0 saturated heterocycles. The fourth-order valence-corrected chi connectivity index (χ4v) is 2.45. The molecule has 0 saturated carbocycles. The fourth-order valence-electron chi connectivity index (χ4n) is 2.45. The number of ether oxygens (including phenoxy) is 2. The van der Waals surface area contributed by atoms with E-state index in [0.717, 1.165) is 22.4 Å². The molecular weight excluding hydrogens is 264 g/mol. The molecule has 0 amide bonds. The van der Waals surface area contributed by atoms with Crippen molar-refractivity contribution in [1.29, 1.82) is 0 Å². The van der Waals surface area contributed by atoms with E-state index in [9.17, 15) is 4.79 Å². The maximum absolute atomic E-state index is 11.8. The standard InChI is InChI=1S/C18H20O3/c1-13-9-10-15(17(11-13)20-2)16(12-18(19)21-3)14-7-5-4-6-8-14/h4-11,16H,12H2,1-3H3. The summed E-state index contributed by atoms with van der Waals surface area (Å²) in [4.78, 5) is 11.8. The van der Waals surface area contributed by atoms with Crippen LogP contribution in [0, 0.1) is 6.92 Å². The van der Waals surface area contributed by atoms with E-state index >= 15 is 0 Å². The second-order valence-corrected chi connectivity index (χ2v) is 4.99. The summed E-state index contributed by atoms with van der Waals surface area (Å²) in [6.07, 6.45) is 0.292. The number of methoxy groups -OCH3 is 2. The van der Waals surface area contributed by atoms with E-state index in [1.165, 1.54) is 7.11 Å². The van der Waals surface area contributed by atoms with Gasteiger partial charge in [0, 0.05) is 11.5 Å². The first-order chi connectivity index (χ1) is 10.2. The van der Waals surface area contributed by atoms with E-state index in [0.29, 0.717) is 6.42 Å². The predicted octanol–water partition coefficient (Wildman–Crippen LogP) is 3.70. The average Bonchev–Trinajstić information content (AvgIpc) is 2.53. The Hall–Kier alpha value is -2.29. The van der Waals surface area contributed by atoms with Crippen molar-refractivity contribution in [3.8, 4) is 5.75 Å². The second-order valence-electron chi connectivity index (χ2n) is 4.99. The molecule has 0 aliphatic heterocycles. The zero-order valence-electron chi connectivity index (χ0n) is 12.6. The third-order valence-corrected chi connectivity index (χ3v) is 3.56. The molecule has 0 aliphatic rings. The molecule has 3 heteroatoms. The number of benzene rings is 2. The van der Waals surface area contributed by atoms with Crippen LogP contribution in [0.3, 0.4) is 0 Å². The van der Waals surface area contributed by atoms with Gasteiger partial charge in [0.15, 0.2) is 0 Å². The molecule has 0 fully saturated rings. The molecule has 0 bridgehead atoms. The average molecular weight is 284 g/mol. The van der Waals surface area contributed by atoms with Gasteiger partial charge in [-0.15, -0.1) is 0 Å². The summed E-state index contributed by atoms with van der Waals surface area (Å²) in [6.45, 7) is 2.02. The molecule has 1 atom stereocenters. The number of hydrogen-bond acceptors (Lipinski definition) is 3. The molecule has 1 unspecified atom stereocenters. The highest BCUT2D eigenvalue weighted by atomic mass is 16.5. The predicted molar refractivity (Wildman–Crippen MR) is 82.6 cm³/mol. The van der Waals surface area contributed by atoms with Gasteiger partial charge in [-0.1, -0.05) is 42.5 Å². The molecule has 110 valence electrons. The van der Waals surface area contributed by atoms with E-state index in [1.807, 2.05) is 55.5 Å². The third kappa shape index (κ3) is 3.63. The van der Waals surface area contributed by atoms with E-state index in [1.54, 1.807) is 7.11 Å². The molecule has 21 heavy (non-hydrogen) atoms. The van der Waals surface area contributed by atoms with Crippen LogP contribution in [0.5, 0.6) is 5.75 Å². The van der Waals surface area contributed by atoms with Gasteiger partial charge in [-0.2, -0.15) is 0 Å². The summed E-state index contributed by atoms with van der Waals surface area (Å²) in [6, 6.07) is 16.0. The van der Waals surface area contributed by atoms with Crippen molar-refractivity contribution in [3.63, 3.8) is 0 Å². The van der Waals surface area contributed by atoms with Gasteiger partial charge >= 0.3 is 5.97 Å². The summed E-state index contributed by atoms with van der Waals surface area (Å²) < 4.78 is 10.3. The van der Waals surface area contributed by atoms with Crippen LogP contribution in [-0.4, -0.2) is 20.2 Å². The number of hydrogen-bond donors (Lipinski definition) is 0. The Morgan fingerprint density at radius 2 is 1.81 bits per heavy atom. The number of carbonyl (C=O) groups excluding carboxylic acids is 1. The zero-order valence-corrected chi connectivity index (χ0v) is 12.6. The summed E-state index contributed by atoms with van der Waals surface area (Å²) in [5.41, 5.74) is 3.20. The second kappa shape index (κ2) is 6.93. The Balaban J connectivity index is 2.47. The zero-order chi connectivity index (χ0) is 15.2.